The zero-order valence-corrected chi connectivity index (χ0v) is 12.8. The summed E-state index contributed by atoms with van der Waals surface area (Å²) in [5, 5.41) is 0. The topological polar surface area (TPSA) is 60.5 Å². The van der Waals surface area contributed by atoms with Crippen molar-refractivity contribution in [3.63, 3.8) is 0 Å². The number of ether oxygens (including phenoxy) is 1. The summed E-state index contributed by atoms with van der Waals surface area (Å²) in [6.07, 6.45) is 4.58. The molecule has 0 unspecified atom stereocenters. The third-order valence-electron chi connectivity index (χ3n) is 3.91. The van der Waals surface area contributed by atoms with Crippen LogP contribution in [0.15, 0.2) is 18.5 Å². The third kappa shape index (κ3) is 3.04. The molecule has 1 amide bonds. The number of hydrogen-bond donors (Lipinski definition) is 1. The minimum atomic E-state index is -0.0719. The van der Waals surface area contributed by atoms with Gasteiger partial charge in [-0.1, -0.05) is 0 Å². The van der Waals surface area contributed by atoms with Gasteiger partial charge < -0.3 is 19.9 Å². The van der Waals surface area contributed by atoms with Crippen molar-refractivity contribution in [2.75, 3.05) is 20.2 Å². The standard InChI is InChI=1S/C15H25N3O2/c1-15(2,3)18-8-5-11(9-18)14(19)17-7-6-12(16)13(10-17)20-4/h5,8-9,12-13H,6-7,10,16H2,1-4H3/t12-,13+/m1/s1. The van der Waals surface area contributed by atoms with Crippen molar-refractivity contribution in [2.45, 2.75) is 44.9 Å². The molecule has 1 aliphatic heterocycles. The maximum atomic E-state index is 12.5. The lowest BCUT2D eigenvalue weighted by molar-refractivity contribution is 0.0162. The number of carbonyl (C=O) groups is 1. The van der Waals surface area contributed by atoms with Crippen molar-refractivity contribution in [1.82, 2.24) is 9.47 Å². The second-order valence-corrected chi connectivity index (χ2v) is 6.46. The van der Waals surface area contributed by atoms with E-state index in [2.05, 4.69) is 25.3 Å². The van der Waals surface area contributed by atoms with E-state index in [1.165, 1.54) is 0 Å². The van der Waals surface area contributed by atoms with Crippen LogP contribution in [0, 0.1) is 0 Å². The van der Waals surface area contributed by atoms with Gasteiger partial charge in [0.2, 0.25) is 0 Å². The van der Waals surface area contributed by atoms with Gasteiger partial charge in [-0.2, -0.15) is 0 Å². The largest absolute Gasteiger partial charge is 0.378 e. The average molecular weight is 279 g/mol. The predicted molar refractivity (Wildman–Crippen MR) is 78.7 cm³/mol. The molecular weight excluding hydrogens is 254 g/mol. The highest BCUT2D eigenvalue weighted by atomic mass is 16.5. The number of amides is 1. The fraction of sp³-hybridized carbons (Fsp3) is 0.667. The number of rotatable bonds is 2. The summed E-state index contributed by atoms with van der Waals surface area (Å²) in [5.41, 5.74) is 6.70. The summed E-state index contributed by atoms with van der Waals surface area (Å²) < 4.78 is 7.41. The van der Waals surface area contributed by atoms with Gasteiger partial charge in [0, 0.05) is 44.2 Å². The highest BCUT2D eigenvalue weighted by Gasteiger charge is 2.30. The van der Waals surface area contributed by atoms with Gasteiger partial charge in [-0.25, -0.2) is 0 Å². The Balaban J connectivity index is 2.10. The van der Waals surface area contributed by atoms with E-state index in [0.29, 0.717) is 13.1 Å². The molecule has 0 aliphatic carbocycles. The fourth-order valence-corrected chi connectivity index (χ4v) is 2.49. The van der Waals surface area contributed by atoms with Gasteiger partial charge >= 0.3 is 0 Å². The molecule has 1 aromatic heterocycles. The molecule has 0 radical (unpaired) electrons. The molecule has 0 bridgehead atoms. The molecule has 20 heavy (non-hydrogen) atoms. The first-order valence-corrected chi connectivity index (χ1v) is 7.09. The molecule has 1 aliphatic rings. The van der Waals surface area contributed by atoms with Crippen LogP contribution in [0.3, 0.4) is 0 Å². The summed E-state index contributed by atoms with van der Waals surface area (Å²) >= 11 is 0. The van der Waals surface area contributed by atoms with Crippen LogP contribution >= 0.6 is 0 Å². The highest BCUT2D eigenvalue weighted by Crippen LogP contribution is 2.19. The van der Waals surface area contributed by atoms with Crippen molar-refractivity contribution in [3.05, 3.63) is 24.0 Å². The summed E-state index contributed by atoms with van der Waals surface area (Å²) in [5.74, 6) is 0.0574. The predicted octanol–water partition coefficient (Wildman–Crippen LogP) is 1.43. The van der Waals surface area contributed by atoms with Crippen molar-refractivity contribution >= 4 is 5.91 Å². The Bertz CT molecular complexity index is 476. The lowest BCUT2D eigenvalue weighted by Crippen LogP contribution is -2.53. The molecular formula is C15H25N3O2. The van der Waals surface area contributed by atoms with E-state index >= 15 is 0 Å². The van der Waals surface area contributed by atoms with Crippen molar-refractivity contribution < 1.29 is 9.53 Å². The summed E-state index contributed by atoms with van der Waals surface area (Å²) in [6.45, 7) is 7.60. The molecule has 112 valence electrons. The molecule has 5 heteroatoms. The maximum Gasteiger partial charge on any atom is 0.255 e. The number of nitrogens with two attached hydrogens (primary N) is 1. The molecule has 5 nitrogen and oxygen atoms in total. The Labute approximate surface area is 120 Å². The highest BCUT2D eigenvalue weighted by molar-refractivity contribution is 5.94. The van der Waals surface area contributed by atoms with Crippen LogP contribution in [-0.2, 0) is 10.3 Å². The van der Waals surface area contributed by atoms with E-state index in [1.54, 1.807) is 7.11 Å². The van der Waals surface area contributed by atoms with Crippen LogP contribution in [0.2, 0.25) is 0 Å². The van der Waals surface area contributed by atoms with Crippen LogP contribution in [0.5, 0.6) is 0 Å². The van der Waals surface area contributed by atoms with Crippen LogP contribution in [0.25, 0.3) is 0 Å². The monoisotopic (exact) mass is 279 g/mol. The summed E-state index contributed by atoms with van der Waals surface area (Å²) in [7, 11) is 1.65. The lowest BCUT2D eigenvalue weighted by Gasteiger charge is -2.35. The fourth-order valence-electron chi connectivity index (χ4n) is 2.49. The van der Waals surface area contributed by atoms with E-state index in [9.17, 15) is 4.79 Å². The summed E-state index contributed by atoms with van der Waals surface area (Å²) in [6, 6.07) is 1.90. The Kier molecular flexibility index (Phi) is 4.20. The molecule has 2 rings (SSSR count). The molecule has 2 N–H and O–H groups in total. The smallest absolute Gasteiger partial charge is 0.255 e. The van der Waals surface area contributed by atoms with Crippen molar-refractivity contribution in [2.24, 2.45) is 5.73 Å². The number of piperidine rings is 1. The second-order valence-electron chi connectivity index (χ2n) is 6.46. The van der Waals surface area contributed by atoms with E-state index in [4.69, 9.17) is 10.5 Å². The number of aromatic nitrogens is 1. The molecule has 1 saturated heterocycles. The zero-order chi connectivity index (χ0) is 14.9. The van der Waals surface area contributed by atoms with Gasteiger partial charge in [-0.05, 0) is 33.3 Å². The molecule has 0 saturated carbocycles. The number of hydrogen-bond acceptors (Lipinski definition) is 3. The van der Waals surface area contributed by atoms with Gasteiger partial charge in [0.1, 0.15) is 0 Å². The maximum absolute atomic E-state index is 12.5. The SMILES string of the molecule is CO[C@H]1CN(C(=O)c2ccn(C(C)(C)C)c2)CC[C@H]1N. The minimum absolute atomic E-state index is 0.0160. The van der Waals surface area contributed by atoms with E-state index in [-0.39, 0.29) is 23.6 Å². The van der Waals surface area contributed by atoms with Crippen LogP contribution in [0.4, 0.5) is 0 Å². The van der Waals surface area contributed by atoms with Crippen molar-refractivity contribution in [3.8, 4) is 0 Å². The van der Waals surface area contributed by atoms with E-state index < -0.39 is 0 Å². The van der Waals surface area contributed by atoms with Crippen LogP contribution in [-0.4, -0.2) is 47.7 Å². The molecule has 1 aromatic rings. The van der Waals surface area contributed by atoms with Crippen LogP contribution in [0.1, 0.15) is 37.6 Å². The number of likely N-dealkylation sites (tertiary alicyclic amines) is 1. The average Bonchev–Trinajstić information content (AvgIpc) is 2.88. The number of methoxy groups -OCH3 is 1. The van der Waals surface area contributed by atoms with Gasteiger partial charge in [0.25, 0.3) is 5.91 Å². The van der Waals surface area contributed by atoms with Gasteiger partial charge in [-0.3, -0.25) is 4.79 Å². The zero-order valence-electron chi connectivity index (χ0n) is 12.8. The molecule has 0 aromatic carbocycles. The Morgan fingerprint density at radius 1 is 1.45 bits per heavy atom. The third-order valence-corrected chi connectivity index (χ3v) is 3.91. The molecule has 1 fully saturated rings. The number of nitrogens with zero attached hydrogens (tertiary/aromatic N) is 2. The lowest BCUT2D eigenvalue weighted by atomic mass is 10.0. The first-order chi connectivity index (χ1) is 9.32. The van der Waals surface area contributed by atoms with Crippen LogP contribution < -0.4 is 5.73 Å². The first kappa shape index (κ1) is 15.1. The Hall–Kier alpha value is -1.33. The van der Waals surface area contributed by atoms with Gasteiger partial charge in [0.15, 0.2) is 0 Å². The van der Waals surface area contributed by atoms with Crippen molar-refractivity contribution in [1.29, 1.82) is 0 Å². The van der Waals surface area contributed by atoms with E-state index in [0.717, 1.165) is 12.0 Å². The van der Waals surface area contributed by atoms with Gasteiger partial charge in [-0.15, -0.1) is 0 Å². The first-order valence-electron chi connectivity index (χ1n) is 7.09. The normalized spacial score (nSPS) is 23.9. The minimum Gasteiger partial charge on any atom is -0.378 e. The van der Waals surface area contributed by atoms with Gasteiger partial charge in [0.05, 0.1) is 11.7 Å². The molecule has 2 heterocycles. The quantitative estimate of drug-likeness (QED) is 0.891. The number of carbonyl (C=O) groups excluding carboxylic acids is 1. The second kappa shape index (κ2) is 5.58. The Morgan fingerprint density at radius 2 is 2.15 bits per heavy atom. The Morgan fingerprint density at radius 3 is 2.70 bits per heavy atom. The molecule has 2 atom stereocenters. The summed E-state index contributed by atoms with van der Waals surface area (Å²) in [4.78, 5) is 14.4. The molecule has 0 spiro atoms. The van der Waals surface area contributed by atoms with E-state index in [1.807, 2.05) is 23.4 Å².